The SMILES string of the molecule is CC(C)(C)OC(=O)Cc1ccc(C[C@](C)(NC(=O)OCc2cccc3c2Cc2ccccc2-3)C(=O)O)cc1. The van der Waals surface area contributed by atoms with Crippen molar-refractivity contribution in [1.29, 1.82) is 0 Å². The lowest BCUT2D eigenvalue weighted by Gasteiger charge is -2.26. The summed E-state index contributed by atoms with van der Waals surface area (Å²) in [6.45, 7) is 6.92. The van der Waals surface area contributed by atoms with Crippen LogP contribution < -0.4 is 5.32 Å². The molecule has 1 atom stereocenters. The topological polar surface area (TPSA) is 102 Å². The predicted molar refractivity (Wildman–Crippen MR) is 144 cm³/mol. The second-order valence-electron chi connectivity index (χ2n) is 10.9. The molecule has 0 radical (unpaired) electrons. The molecule has 0 bridgehead atoms. The van der Waals surface area contributed by atoms with Crippen molar-refractivity contribution in [2.75, 3.05) is 0 Å². The van der Waals surface area contributed by atoms with E-state index >= 15 is 0 Å². The lowest BCUT2D eigenvalue weighted by atomic mass is 9.92. The zero-order chi connectivity index (χ0) is 27.5. The molecular weight excluding hydrogens is 482 g/mol. The molecule has 7 nitrogen and oxygen atoms in total. The Morgan fingerprint density at radius 1 is 0.868 bits per heavy atom. The number of benzene rings is 3. The fraction of sp³-hybridized carbons (Fsp3) is 0.323. The van der Waals surface area contributed by atoms with Gasteiger partial charge in [-0.05, 0) is 73.1 Å². The van der Waals surface area contributed by atoms with Crippen molar-refractivity contribution in [3.8, 4) is 11.1 Å². The molecule has 1 aliphatic carbocycles. The lowest BCUT2D eigenvalue weighted by molar-refractivity contribution is -0.154. The summed E-state index contributed by atoms with van der Waals surface area (Å²) >= 11 is 0. The smallest absolute Gasteiger partial charge is 0.408 e. The highest BCUT2D eigenvalue weighted by Crippen LogP contribution is 2.38. The molecule has 7 heteroatoms. The minimum Gasteiger partial charge on any atom is -0.480 e. The highest BCUT2D eigenvalue weighted by molar-refractivity contribution is 5.84. The molecule has 3 aromatic carbocycles. The van der Waals surface area contributed by atoms with Crippen molar-refractivity contribution in [3.63, 3.8) is 0 Å². The van der Waals surface area contributed by atoms with Gasteiger partial charge in [-0.3, -0.25) is 4.79 Å². The average Bonchev–Trinajstić information content (AvgIpc) is 3.22. The molecule has 3 aromatic rings. The molecule has 0 aliphatic heterocycles. The monoisotopic (exact) mass is 515 g/mol. The van der Waals surface area contributed by atoms with E-state index in [0.29, 0.717) is 5.56 Å². The van der Waals surface area contributed by atoms with Crippen molar-refractivity contribution >= 4 is 18.0 Å². The summed E-state index contributed by atoms with van der Waals surface area (Å²) in [5, 5.41) is 12.4. The van der Waals surface area contributed by atoms with E-state index in [0.717, 1.165) is 28.7 Å². The summed E-state index contributed by atoms with van der Waals surface area (Å²) in [4.78, 5) is 36.9. The standard InChI is InChI=1S/C31H33NO6/c1-30(2,3)38-27(33)16-20-12-14-21(15-13-20)18-31(4,28(34)35)32-29(36)37-19-23-9-7-11-25-24-10-6-5-8-22(24)17-26(23)25/h5-15H,16-19H2,1-4H3,(H,32,36)(H,34,35)/t31-/m0/s1. The average molecular weight is 516 g/mol. The van der Waals surface area contributed by atoms with E-state index < -0.39 is 23.2 Å². The Kier molecular flexibility index (Phi) is 7.58. The van der Waals surface area contributed by atoms with Gasteiger partial charge in [0.15, 0.2) is 0 Å². The number of hydrogen-bond donors (Lipinski definition) is 2. The minimum absolute atomic E-state index is 0.0397. The van der Waals surface area contributed by atoms with Gasteiger partial charge < -0.3 is 19.9 Å². The molecule has 1 amide bonds. The van der Waals surface area contributed by atoms with Crippen LogP contribution in [-0.4, -0.2) is 34.3 Å². The summed E-state index contributed by atoms with van der Waals surface area (Å²) < 4.78 is 10.8. The Hall–Kier alpha value is -4.13. The Balaban J connectivity index is 1.37. The second kappa shape index (κ2) is 10.7. The van der Waals surface area contributed by atoms with Crippen LogP contribution in [0.2, 0.25) is 0 Å². The van der Waals surface area contributed by atoms with Gasteiger partial charge in [-0.25, -0.2) is 9.59 Å². The van der Waals surface area contributed by atoms with Gasteiger partial charge >= 0.3 is 18.0 Å². The summed E-state index contributed by atoms with van der Waals surface area (Å²) in [5.74, 6) is -1.51. The number of alkyl carbamates (subject to hydrolysis) is 1. The molecule has 0 saturated heterocycles. The summed E-state index contributed by atoms with van der Waals surface area (Å²) in [7, 11) is 0. The fourth-order valence-electron chi connectivity index (χ4n) is 4.66. The number of carbonyl (C=O) groups excluding carboxylic acids is 2. The number of carboxylic acids is 1. The third-order valence-electron chi connectivity index (χ3n) is 6.51. The number of nitrogens with one attached hydrogen (secondary N) is 1. The van der Waals surface area contributed by atoms with Crippen molar-refractivity contribution in [2.45, 2.75) is 64.7 Å². The van der Waals surface area contributed by atoms with Crippen LogP contribution in [0.5, 0.6) is 0 Å². The second-order valence-corrected chi connectivity index (χ2v) is 10.9. The molecular formula is C31H33NO6. The normalized spacial score (nSPS) is 13.6. The highest BCUT2D eigenvalue weighted by Gasteiger charge is 2.36. The zero-order valence-electron chi connectivity index (χ0n) is 22.2. The summed E-state index contributed by atoms with van der Waals surface area (Å²) in [5.41, 5.74) is 4.87. The van der Waals surface area contributed by atoms with Gasteiger partial charge in [0.1, 0.15) is 17.7 Å². The molecule has 0 saturated carbocycles. The molecule has 0 spiro atoms. The number of aliphatic carboxylic acids is 1. The van der Waals surface area contributed by atoms with Crippen LogP contribution in [0.15, 0.2) is 66.7 Å². The molecule has 1 aliphatic rings. The van der Waals surface area contributed by atoms with Gasteiger partial charge in [-0.1, -0.05) is 66.7 Å². The number of hydrogen-bond acceptors (Lipinski definition) is 5. The largest absolute Gasteiger partial charge is 0.480 e. The molecule has 0 fully saturated rings. The van der Waals surface area contributed by atoms with Crippen LogP contribution in [0.25, 0.3) is 11.1 Å². The van der Waals surface area contributed by atoms with Gasteiger partial charge in [0.05, 0.1) is 6.42 Å². The quantitative estimate of drug-likeness (QED) is 0.303. The zero-order valence-corrected chi connectivity index (χ0v) is 22.2. The van der Waals surface area contributed by atoms with Gasteiger partial charge in [0, 0.05) is 6.42 Å². The van der Waals surface area contributed by atoms with Crippen LogP contribution in [0.1, 0.15) is 55.5 Å². The lowest BCUT2D eigenvalue weighted by Crippen LogP contribution is -2.53. The number of amides is 1. The molecule has 4 rings (SSSR count). The Morgan fingerprint density at radius 2 is 1.53 bits per heavy atom. The summed E-state index contributed by atoms with van der Waals surface area (Å²) in [6.07, 6.45) is 0.125. The fourth-order valence-corrected chi connectivity index (χ4v) is 4.66. The van der Waals surface area contributed by atoms with Gasteiger partial charge in [0.2, 0.25) is 0 Å². The van der Waals surface area contributed by atoms with Gasteiger partial charge in [0.25, 0.3) is 0 Å². The van der Waals surface area contributed by atoms with E-state index in [1.54, 1.807) is 24.3 Å². The Labute approximate surface area is 222 Å². The molecule has 0 unspecified atom stereocenters. The maximum Gasteiger partial charge on any atom is 0.408 e. The van der Waals surface area contributed by atoms with Crippen LogP contribution in [0, 0.1) is 0 Å². The van der Waals surface area contributed by atoms with Crippen molar-refractivity contribution in [3.05, 3.63) is 94.5 Å². The maximum atomic E-state index is 12.7. The van der Waals surface area contributed by atoms with Crippen LogP contribution in [-0.2, 0) is 44.9 Å². The van der Waals surface area contributed by atoms with Crippen LogP contribution in [0.3, 0.4) is 0 Å². The van der Waals surface area contributed by atoms with Gasteiger partial charge in [-0.2, -0.15) is 0 Å². The first kappa shape index (κ1) is 26.9. The number of fused-ring (bicyclic) bond motifs is 3. The molecule has 0 heterocycles. The Morgan fingerprint density at radius 3 is 2.21 bits per heavy atom. The molecule has 2 N–H and O–H groups in total. The Bertz CT molecular complexity index is 1360. The highest BCUT2D eigenvalue weighted by atomic mass is 16.6. The van der Waals surface area contributed by atoms with E-state index in [9.17, 15) is 19.5 Å². The maximum absolute atomic E-state index is 12.7. The third-order valence-corrected chi connectivity index (χ3v) is 6.51. The van der Waals surface area contributed by atoms with Crippen molar-refractivity contribution in [2.24, 2.45) is 0 Å². The first-order chi connectivity index (χ1) is 17.9. The van der Waals surface area contributed by atoms with E-state index in [4.69, 9.17) is 9.47 Å². The molecule has 0 aromatic heterocycles. The molecule has 198 valence electrons. The first-order valence-electron chi connectivity index (χ1n) is 12.6. The van der Waals surface area contributed by atoms with Crippen LogP contribution in [0.4, 0.5) is 4.79 Å². The predicted octanol–water partition coefficient (Wildman–Crippen LogP) is 5.45. The van der Waals surface area contributed by atoms with E-state index in [2.05, 4.69) is 23.5 Å². The first-order valence-corrected chi connectivity index (χ1v) is 12.6. The third kappa shape index (κ3) is 6.40. The number of esters is 1. The molecule has 38 heavy (non-hydrogen) atoms. The number of rotatable bonds is 8. The summed E-state index contributed by atoms with van der Waals surface area (Å²) in [6, 6.07) is 21.1. The van der Waals surface area contributed by atoms with Crippen molar-refractivity contribution < 1.29 is 29.0 Å². The number of carboxylic acid groups (broad SMARTS) is 1. The van der Waals surface area contributed by atoms with Crippen molar-refractivity contribution in [1.82, 2.24) is 5.32 Å². The van der Waals surface area contributed by atoms with E-state index in [-0.39, 0.29) is 25.4 Å². The number of carbonyl (C=O) groups is 3. The van der Waals surface area contributed by atoms with Crippen LogP contribution >= 0.6 is 0 Å². The number of ether oxygens (including phenoxy) is 2. The van der Waals surface area contributed by atoms with Gasteiger partial charge in [-0.15, -0.1) is 0 Å². The van der Waals surface area contributed by atoms with E-state index in [1.165, 1.54) is 18.1 Å². The van der Waals surface area contributed by atoms with E-state index in [1.807, 2.05) is 45.0 Å². The minimum atomic E-state index is -1.58.